The average molecular weight is 724 g/mol. The van der Waals surface area contributed by atoms with Crippen LogP contribution in [0.25, 0.3) is 11.0 Å². The van der Waals surface area contributed by atoms with Crippen LogP contribution >= 0.6 is 0 Å². The smallest absolute Gasteiger partial charge is 0.427 e. The molecule has 274 valence electrons. The molecule has 0 radical (unpaired) electrons. The number of imidazole rings is 1. The van der Waals surface area contributed by atoms with Gasteiger partial charge in [0.15, 0.2) is 0 Å². The molecule has 51 heavy (non-hydrogen) atoms. The number of carbonyl (C=O) groups is 3. The van der Waals surface area contributed by atoms with Crippen LogP contribution in [-0.2, 0) is 38.0 Å². The second-order valence-electron chi connectivity index (χ2n) is 11.3. The first-order valence-corrected chi connectivity index (χ1v) is 18.3. The molecular formula is C35H45N7O8S. The summed E-state index contributed by atoms with van der Waals surface area (Å²) in [5.41, 5.74) is 6.07. The van der Waals surface area contributed by atoms with Crippen molar-refractivity contribution in [3.8, 4) is 0 Å². The van der Waals surface area contributed by atoms with Gasteiger partial charge in [-0.1, -0.05) is 44.4 Å². The number of rotatable bonds is 16. The molecule has 2 heterocycles. The summed E-state index contributed by atoms with van der Waals surface area (Å²) in [5.74, 6) is 0.575. The Morgan fingerprint density at radius 3 is 2.43 bits per heavy atom. The molecule has 3 N–H and O–H groups in total. The molecule has 2 aromatic carbocycles. The largest absolute Gasteiger partial charge is 0.466 e. The Morgan fingerprint density at radius 2 is 1.76 bits per heavy atom. The maximum absolute atomic E-state index is 13.6. The van der Waals surface area contributed by atoms with E-state index in [4.69, 9.17) is 19.0 Å². The summed E-state index contributed by atoms with van der Waals surface area (Å²) < 4.78 is 38.0. The summed E-state index contributed by atoms with van der Waals surface area (Å²) in [6, 6.07) is 18.3. The van der Waals surface area contributed by atoms with E-state index >= 15 is 0 Å². The van der Waals surface area contributed by atoms with E-state index in [1.807, 2.05) is 41.9 Å². The van der Waals surface area contributed by atoms with Crippen molar-refractivity contribution in [3.05, 3.63) is 83.8 Å². The van der Waals surface area contributed by atoms with Gasteiger partial charge in [-0.2, -0.15) is 13.5 Å². The van der Waals surface area contributed by atoms with Crippen molar-refractivity contribution < 1.29 is 36.8 Å². The molecule has 0 fully saturated rings. The normalized spacial score (nSPS) is 11.1. The van der Waals surface area contributed by atoms with Gasteiger partial charge in [-0.3, -0.25) is 19.0 Å². The maximum Gasteiger partial charge on any atom is 0.427 e. The third-order valence-corrected chi connectivity index (χ3v) is 7.20. The van der Waals surface area contributed by atoms with Gasteiger partial charge in [0, 0.05) is 31.0 Å². The number of hydrogen-bond donors (Lipinski definition) is 3. The molecule has 2 aromatic heterocycles. The van der Waals surface area contributed by atoms with Crippen molar-refractivity contribution in [1.29, 1.82) is 0 Å². The van der Waals surface area contributed by atoms with Crippen molar-refractivity contribution >= 4 is 56.8 Å². The van der Waals surface area contributed by atoms with E-state index in [9.17, 15) is 22.8 Å². The van der Waals surface area contributed by atoms with Crippen LogP contribution in [0.15, 0.2) is 72.0 Å². The number of aromatic nitrogens is 3. The molecule has 2 amide bonds. The van der Waals surface area contributed by atoms with E-state index < -0.39 is 16.2 Å². The summed E-state index contributed by atoms with van der Waals surface area (Å²) in [4.78, 5) is 48.0. The zero-order valence-electron chi connectivity index (χ0n) is 29.2. The number of fused-ring (bicyclic) bond motifs is 1. The second-order valence-corrected chi connectivity index (χ2v) is 12.7. The van der Waals surface area contributed by atoms with Crippen LogP contribution in [0.3, 0.4) is 0 Å². The Kier molecular flexibility index (Phi) is 16.0. The number of amides is 2. The highest BCUT2D eigenvalue weighted by atomic mass is 32.2. The minimum absolute atomic E-state index is 0.0519. The first-order valence-electron chi connectivity index (χ1n) is 16.5. The molecule has 0 bridgehead atoms. The van der Waals surface area contributed by atoms with Crippen LogP contribution in [0, 0.1) is 0 Å². The first-order chi connectivity index (χ1) is 24.4. The van der Waals surface area contributed by atoms with E-state index in [2.05, 4.69) is 27.8 Å². The van der Waals surface area contributed by atoms with E-state index in [0.29, 0.717) is 36.3 Å². The summed E-state index contributed by atoms with van der Waals surface area (Å²) >= 11 is 0. The molecule has 0 aliphatic rings. The quantitative estimate of drug-likeness (QED) is 0.0445. The molecule has 4 rings (SSSR count). The summed E-state index contributed by atoms with van der Waals surface area (Å²) in [6.45, 7) is 5.13. The van der Waals surface area contributed by atoms with Gasteiger partial charge < -0.3 is 19.4 Å². The molecule has 0 atom stereocenters. The standard InChI is InChI=1S/C34H41N7O5.CH4O3S/c1-4-6-7-10-21-46-34(44)39-37-23-25-12-15-27(16-13-25)36-24-31-38-28-22-26(14-17-29(28)40(31)3)33(43)41(20-18-32(42)45-5-2)30-11-8-9-19-35-30;1-5(2,3)4/h8-9,11-17,19,22-23,36H,4-7,10,18,20-21,24H2,1-3H3,(H,39,44);1H3,(H,2,3,4). The van der Waals surface area contributed by atoms with Gasteiger partial charge in [0.1, 0.15) is 11.6 Å². The molecule has 0 aliphatic heterocycles. The van der Waals surface area contributed by atoms with Gasteiger partial charge >= 0.3 is 12.1 Å². The van der Waals surface area contributed by atoms with Gasteiger partial charge in [0.25, 0.3) is 16.0 Å². The van der Waals surface area contributed by atoms with Crippen LogP contribution in [-0.4, -0.2) is 77.7 Å². The fourth-order valence-corrected chi connectivity index (χ4v) is 4.72. The molecule has 0 aliphatic carbocycles. The fourth-order valence-electron chi connectivity index (χ4n) is 4.72. The van der Waals surface area contributed by atoms with Crippen molar-refractivity contribution in [2.24, 2.45) is 12.1 Å². The van der Waals surface area contributed by atoms with E-state index in [1.165, 1.54) is 4.90 Å². The Bertz CT molecular complexity index is 1860. The number of carbonyl (C=O) groups excluding carboxylic acids is 3. The van der Waals surface area contributed by atoms with Gasteiger partial charge in [-0.05, 0) is 61.4 Å². The lowest BCUT2D eigenvalue weighted by atomic mass is 10.1. The van der Waals surface area contributed by atoms with Crippen molar-refractivity contribution in [2.45, 2.75) is 52.5 Å². The Hall–Kier alpha value is -5.35. The lowest BCUT2D eigenvalue weighted by molar-refractivity contribution is -0.142. The number of benzene rings is 2. The lowest BCUT2D eigenvalue weighted by Gasteiger charge is -2.21. The zero-order chi connectivity index (χ0) is 37.2. The van der Waals surface area contributed by atoms with Gasteiger partial charge in [-0.15, -0.1) is 0 Å². The number of nitrogens with one attached hydrogen (secondary N) is 2. The highest BCUT2D eigenvalue weighted by molar-refractivity contribution is 7.85. The van der Waals surface area contributed by atoms with Crippen molar-refractivity contribution in [1.82, 2.24) is 20.0 Å². The number of nitrogens with zero attached hydrogens (tertiary/aromatic N) is 5. The third-order valence-electron chi connectivity index (χ3n) is 7.20. The SMILES string of the molecule is CCCCCCOC(=O)NN=Cc1ccc(NCc2nc3cc(C(=O)N(CCC(=O)OCC)c4ccccn4)ccc3n2C)cc1.CS(=O)(=O)O. The summed E-state index contributed by atoms with van der Waals surface area (Å²) in [7, 11) is -1.74. The number of pyridine rings is 1. The highest BCUT2D eigenvalue weighted by Crippen LogP contribution is 2.21. The topological polar surface area (TPSA) is 194 Å². The molecule has 16 heteroatoms. The lowest BCUT2D eigenvalue weighted by Crippen LogP contribution is -2.34. The van der Waals surface area contributed by atoms with Gasteiger partial charge in [-0.25, -0.2) is 20.2 Å². The summed E-state index contributed by atoms with van der Waals surface area (Å²) in [6.07, 6.45) is 7.51. The van der Waals surface area contributed by atoms with Crippen LogP contribution in [0.2, 0.25) is 0 Å². The monoisotopic (exact) mass is 723 g/mol. The average Bonchev–Trinajstić information content (AvgIpc) is 3.41. The maximum atomic E-state index is 13.6. The van der Waals surface area contributed by atoms with E-state index in [1.54, 1.807) is 49.7 Å². The van der Waals surface area contributed by atoms with Gasteiger partial charge in [0.2, 0.25) is 0 Å². The summed E-state index contributed by atoms with van der Waals surface area (Å²) in [5, 5.41) is 7.33. The predicted octanol–water partition coefficient (Wildman–Crippen LogP) is 5.32. The predicted molar refractivity (Wildman–Crippen MR) is 195 cm³/mol. The minimum Gasteiger partial charge on any atom is -0.466 e. The number of hydrazone groups is 1. The number of unbranched alkanes of at least 4 members (excludes halogenated alkanes) is 3. The van der Waals surface area contributed by atoms with Gasteiger partial charge in [0.05, 0.1) is 49.7 Å². The molecule has 0 saturated heterocycles. The Morgan fingerprint density at radius 1 is 1.02 bits per heavy atom. The third kappa shape index (κ3) is 14.2. The zero-order valence-corrected chi connectivity index (χ0v) is 30.1. The number of esters is 1. The molecule has 0 spiro atoms. The minimum atomic E-state index is -3.67. The highest BCUT2D eigenvalue weighted by Gasteiger charge is 2.21. The number of hydrogen-bond acceptors (Lipinski definition) is 11. The van der Waals surface area contributed by atoms with Crippen LogP contribution in [0.5, 0.6) is 0 Å². The van der Waals surface area contributed by atoms with Crippen LogP contribution < -0.4 is 15.6 Å². The second kappa shape index (κ2) is 20.4. The molecular weight excluding hydrogens is 678 g/mol. The fraction of sp³-hybridized carbons (Fsp3) is 0.371. The number of ether oxygens (including phenoxy) is 2. The Balaban J connectivity index is 0.00000131. The molecule has 0 unspecified atom stereocenters. The van der Waals surface area contributed by atoms with E-state index in [0.717, 1.165) is 48.3 Å². The Labute approximate surface area is 297 Å². The number of aryl methyl sites for hydroxylation is 1. The van der Waals surface area contributed by atoms with Crippen LogP contribution in [0.4, 0.5) is 16.3 Å². The molecule has 15 nitrogen and oxygen atoms in total. The van der Waals surface area contributed by atoms with Crippen molar-refractivity contribution in [2.75, 3.05) is 36.2 Å². The van der Waals surface area contributed by atoms with Crippen molar-refractivity contribution in [3.63, 3.8) is 0 Å². The first kappa shape index (κ1) is 40.1. The van der Waals surface area contributed by atoms with Crippen LogP contribution in [0.1, 0.15) is 67.7 Å². The molecule has 4 aromatic rings. The molecule has 0 saturated carbocycles. The number of anilines is 2. The van der Waals surface area contributed by atoms with E-state index in [-0.39, 0.29) is 31.4 Å².